The molecule has 0 spiro atoms. The topological polar surface area (TPSA) is 50.2 Å². The molecule has 1 rings (SSSR count). The molecule has 1 aromatic rings. The SMILES string of the molecule is CCC(CC)n1ccc(CNCC(=O)N(C)CC)n1. The lowest BCUT2D eigenvalue weighted by Crippen LogP contribution is -2.35. The van der Waals surface area contributed by atoms with Crippen LogP contribution >= 0.6 is 0 Å². The van der Waals surface area contributed by atoms with E-state index >= 15 is 0 Å². The number of likely N-dealkylation sites (N-methyl/N-ethyl adjacent to an activating group) is 1. The molecule has 0 fully saturated rings. The number of carbonyl (C=O) groups is 1. The van der Waals surface area contributed by atoms with Gasteiger partial charge in [0, 0.05) is 26.3 Å². The fraction of sp³-hybridized carbons (Fsp3) is 0.714. The maximum absolute atomic E-state index is 11.6. The summed E-state index contributed by atoms with van der Waals surface area (Å²) in [5, 5.41) is 7.68. The van der Waals surface area contributed by atoms with Gasteiger partial charge in [0.2, 0.25) is 5.91 Å². The minimum Gasteiger partial charge on any atom is -0.345 e. The maximum atomic E-state index is 11.6. The molecule has 5 nitrogen and oxygen atoms in total. The van der Waals surface area contributed by atoms with Gasteiger partial charge in [-0.2, -0.15) is 5.10 Å². The first-order chi connectivity index (χ1) is 9.12. The van der Waals surface area contributed by atoms with Crippen LogP contribution in [-0.4, -0.2) is 40.7 Å². The van der Waals surface area contributed by atoms with E-state index < -0.39 is 0 Å². The lowest BCUT2D eigenvalue weighted by Gasteiger charge is -2.14. The molecule has 0 aliphatic rings. The molecule has 0 saturated heterocycles. The van der Waals surface area contributed by atoms with Crippen molar-refractivity contribution in [3.8, 4) is 0 Å². The van der Waals surface area contributed by atoms with Crippen LogP contribution in [0.2, 0.25) is 0 Å². The van der Waals surface area contributed by atoms with Crippen molar-refractivity contribution in [2.45, 2.75) is 46.2 Å². The first-order valence-corrected chi connectivity index (χ1v) is 7.11. The third-order valence-corrected chi connectivity index (χ3v) is 3.46. The van der Waals surface area contributed by atoms with Crippen molar-refractivity contribution in [3.05, 3.63) is 18.0 Å². The molecule has 0 saturated carbocycles. The number of rotatable bonds is 8. The Hall–Kier alpha value is -1.36. The fourth-order valence-corrected chi connectivity index (χ4v) is 1.95. The fourth-order valence-electron chi connectivity index (χ4n) is 1.95. The van der Waals surface area contributed by atoms with Gasteiger partial charge < -0.3 is 10.2 Å². The predicted octanol–water partition coefficient (Wildman–Crippen LogP) is 1.81. The van der Waals surface area contributed by atoms with E-state index in [2.05, 4.69) is 24.3 Å². The highest BCUT2D eigenvalue weighted by molar-refractivity contribution is 5.77. The second-order valence-corrected chi connectivity index (χ2v) is 4.77. The zero-order valence-corrected chi connectivity index (χ0v) is 12.5. The molecule has 1 heterocycles. The van der Waals surface area contributed by atoms with Crippen molar-refractivity contribution in [3.63, 3.8) is 0 Å². The number of hydrogen-bond acceptors (Lipinski definition) is 3. The quantitative estimate of drug-likeness (QED) is 0.780. The van der Waals surface area contributed by atoms with E-state index in [1.165, 1.54) is 0 Å². The van der Waals surface area contributed by atoms with E-state index in [0.29, 0.717) is 19.1 Å². The highest BCUT2D eigenvalue weighted by Gasteiger charge is 2.09. The summed E-state index contributed by atoms with van der Waals surface area (Å²) >= 11 is 0. The minimum atomic E-state index is 0.113. The summed E-state index contributed by atoms with van der Waals surface area (Å²) in [6, 6.07) is 2.49. The van der Waals surface area contributed by atoms with Gasteiger partial charge in [-0.3, -0.25) is 9.48 Å². The van der Waals surface area contributed by atoms with Crippen molar-refractivity contribution in [1.82, 2.24) is 20.0 Å². The van der Waals surface area contributed by atoms with Crippen LogP contribution in [-0.2, 0) is 11.3 Å². The van der Waals surface area contributed by atoms with Gasteiger partial charge in [0.25, 0.3) is 0 Å². The zero-order valence-electron chi connectivity index (χ0n) is 12.5. The van der Waals surface area contributed by atoms with Crippen LogP contribution in [0.1, 0.15) is 45.3 Å². The number of amides is 1. The lowest BCUT2D eigenvalue weighted by atomic mass is 10.2. The first-order valence-electron chi connectivity index (χ1n) is 7.11. The Bertz CT molecular complexity index is 385. The normalized spacial score (nSPS) is 11.0. The molecule has 1 aromatic heterocycles. The molecular formula is C14H26N4O. The van der Waals surface area contributed by atoms with E-state index in [0.717, 1.165) is 25.1 Å². The average molecular weight is 266 g/mol. The maximum Gasteiger partial charge on any atom is 0.236 e. The highest BCUT2D eigenvalue weighted by atomic mass is 16.2. The number of aromatic nitrogens is 2. The van der Waals surface area contributed by atoms with E-state index in [9.17, 15) is 4.79 Å². The largest absolute Gasteiger partial charge is 0.345 e. The smallest absolute Gasteiger partial charge is 0.236 e. The molecule has 19 heavy (non-hydrogen) atoms. The standard InChI is InChI=1S/C14H26N4O/c1-5-13(6-2)18-9-8-12(16-18)10-15-11-14(19)17(4)7-3/h8-9,13,15H,5-7,10-11H2,1-4H3. The third-order valence-electron chi connectivity index (χ3n) is 3.46. The number of hydrogen-bond donors (Lipinski definition) is 1. The second kappa shape index (κ2) is 7.94. The Labute approximate surface area is 116 Å². The summed E-state index contributed by atoms with van der Waals surface area (Å²) < 4.78 is 2.02. The highest BCUT2D eigenvalue weighted by Crippen LogP contribution is 2.14. The van der Waals surface area contributed by atoms with Crippen molar-refractivity contribution in [2.24, 2.45) is 0 Å². The predicted molar refractivity (Wildman–Crippen MR) is 76.9 cm³/mol. The minimum absolute atomic E-state index is 0.113. The molecule has 1 amide bonds. The van der Waals surface area contributed by atoms with Gasteiger partial charge >= 0.3 is 0 Å². The molecule has 0 atom stereocenters. The summed E-state index contributed by atoms with van der Waals surface area (Å²) in [5.41, 5.74) is 0.985. The Morgan fingerprint density at radius 1 is 1.42 bits per heavy atom. The van der Waals surface area contributed by atoms with Gasteiger partial charge in [-0.1, -0.05) is 13.8 Å². The Balaban J connectivity index is 2.40. The number of nitrogens with zero attached hydrogens (tertiary/aromatic N) is 3. The van der Waals surface area contributed by atoms with Gasteiger partial charge in [-0.15, -0.1) is 0 Å². The van der Waals surface area contributed by atoms with Crippen molar-refractivity contribution in [2.75, 3.05) is 20.1 Å². The Morgan fingerprint density at radius 3 is 2.68 bits per heavy atom. The number of carbonyl (C=O) groups excluding carboxylic acids is 1. The van der Waals surface area contributed by atoms with E-state index in [4.69, 9.17) is 0 Å². The lowest BCUT2D eigenvalue weighted by molar-refractivity contribution is -0.128. The summed E-state index contributed by atoms with van der Waals surface area (Å²) in [7, 11) is 1.81. The number of nitrogens with one attached hydrogen (secondary N) is 1. The molecule has 0 bridgehead atoms. The molecule has 0 radical (unpaired) electrons. The van der Waals surface area contributed by atoms with Crippen molar-refractivity contribution in [1.29, 1.82) is 0 Å². The Morgan fingerprint density at radius 2 is 2.11 bits per heavy atom. The summed E-state index contributed by atoms with van der Waals surface area (Å²) in [6.45, 7) is 8.05. The van der Waals surface area contributed by atoms with Gasteiger partial charge in [0.05, 0.1) is 18.3 Å². The molecule has 1 N–H and O–H groups in total. The van der Waals surface area contributed by atoms with Crippen molar-refractivity contribution >= 4 is 5.91 Å². The molecule has 0 aliphatic carbocycles. The van der Waals surface area contributed by atoms with Gasteiger partial charge in [-0.05, 0) is 25.8 Å². The van der Waals surface area contributed by atoms with E-state index in [-0.39, 0.29) is 5.91 Å². The molecule has 0 aliphatic heterocycles. The molecule has 5 heteroatoms. The second-order valence-electron chi connectivity index (χ2n) is 4.77. The van der Waals surface area contributed by atoms with Crippen LogP contribution in [0.5, 0.6) is 0 Å². The monoisotopic (exact) mass is 266 g/mol. The molecule has 108 valence electrons. The Kier molecular flexibility index (Phi) is 6.56. The third kappa shape index (κ3) is 4.67. The van der Waals surface area contributed by atoms with Crippen LogP contribution in [0.4, 0.5) is 0 Å². The summed E-state index contributed by atoms with van der Waals surface area (Å²) in [4.78, 5) is 13.3. The van der Waals surface area contributed by atoms with E-state index in [1.54, 1.807) is 4.90 Å². The molecular weight excluding hydrogens is 240 g/mol. The summed E-state index contributed by atoms with van der Waals surface area (Å²) in [6.07, 6.45) is 4.20. The van der Waals surface area contributed by atoms with Crippen LogP contribution in [0.25, 0.3) is 0 Å². The molecule has 0 aromatic carbocycles. The van der Waals surface area contributed by atoms with Crippen LogP contribution in [0.3, 0.4) is 0 Å². The van der Waals surface area contributed by atoms with Crippen LogP contribution < -0.4 is 5.32 Å². The first kappa shape index (κ1) is 15.7. The average Bonchev–Trinajstić information content (AvgIpc) is 2.88. The summed E-state index contributed by atoms with van der Waals surface area (Å²) in [5.74, 6) is 0.113. The van der Waals surface area contributed by atoms with Gasteiger partial charge in [0.1, 0.15) is 0 Å². The van der Waals surface area contributed by atoms with Gasteiger partial charge in [-0.25, -0.2) is 0 Å². The van der Waals surface area contributed by atoms with Crippen LogP contribution in [0.15, 0.2) is 12.3 Å². The zero-order chi connectivity index (χ0) is 14.3. The van der Waals surface area contributed by atoms with Crippen molar-refractivity contribution < 1.29 is 4.79 Å². The molecule has 0 unspecified atom stereocenters. The van der Waals surface area contributed by atoms with E-state index in [1.807, 2.05) is 30.9 Å². The van der Waals surface area contributed by atoms with Gasteiger partial charge in [0.15, 0.2) is 0 Å². The van der Waals surface area contributed by atoms with Crippen LogP contribution in [0, 0.1) is 0 Å².